The van der Waals surface area contributed by atoms with Crippen LogP contribution in [0.1, 0.15) is 6.42 Å². The predicted molar refractivity (Wildman–Crippen MR) is 56.9 cm³/mol. The van der Waals surface area contributed by atoms with Gasteiger partial charge in [0.15, 0.2) is 0 Å². The van der Waals surface area contributed by atoms with Gasteiger partial charge in [0.1, 0.15) is 0 Å². The molecule has 14 heavy (non-hydrogen) atoms. The second kappa shape index (κ2) is 7.66. The van der Waals surface area contributed by atoms with Crippen LogP contribution in [0.25, 0.3) is 0 Å². The lowest BCUT2D eigenvalue weighted by molar-refractivity contribution is -0.131. The molecule has 1 amide bonds. The SMILES string of the molecule is COCCN(CCO)C(=O)CC(N)=S. The number of hydrogen-bond donors (Lipinski definition) is 2. The minimum absolute atomic E-state index is 0.0407. The number of aliphatic hydroxyl groups is 1. The molecule has 0 bridgehead atoms. The van der Waals surface area contributed by atoms with Crippen LogP contribution in [0.3, 0.4) is 0 Å². The van der Waals surface area contributed by atoms with Crippen LogP contribution in [0.2, 0.25) is 0 Å². The van der Waals surface area contributed by atoms with Crippen LogP contribution in [0, 0.1) is 0 Å². The van der Waals surface area contributed by atoms with Gasteiger partial charge in [0.25, 0.3) is 0 Å². The number of hydrogen-bond acceptors (Lipinski definition) is 4. The molecule has 0 aliphatic heterocycles. The van der Waals surface area contributed by atoms with Crippen LogP contribution in [0.4, 0.5) is 0 Å². The summed E-state index contributed by atoms with van der Waals surface area (Å²) in [4.78, 5) is 13.1. The lowest BCUT2D eigenvalue weighted by Gasteiger charge is -2.20. The zero-order chi connectivity index (χ0) is 11.0. The standard InChI is InChI=1S/C8H16N2O3S/c1-13-5-3-10(2-4-11)8(12)6-7(9)14/h11H,2-6H2,1H3,(H2,9,14). The van der Waals surface area contributed by atoms with E-state index in [1.807, 2.05) is 0 Å². The molecule has 0 radical (unpaired) electrons. The normalized spacial score (nSPS) is 9.86. The molecule has 82 valence electrons. The summed E-state index contributed by atoms with van der Waals surface area (Å²) in [5.74, 6) is -0.177. The van der Waals surface area contributed by atoms with Gasteiger partial charge in [-0.25, -0.2) is 0 Å². The summed E-state index contributed by atoms with van der Waals surface area (Å²) >= 11 is 4.62. The van der Waals surface area contributed by atoms with Gasteiger partial charge in [0.2, 0.25) is 5.91 Å². The molecule has 5 nitrogen and oxygen atoms in total. The number of thiocarbonyl (C=S) groups is 1. The lowest BCUT2D eigenvalue weighted by Crippen LogP contribution is -2.37. The van der Waals surface area contributed by atoms with Crippen molar-refractivity contribution in [3.05, 3.63) is 0 Å². The highest BCUT2D eigenvalue weighted by molar-refractivity contribution is 7.80. The summed E-state index contributed by atoms with van der Waals surface area (Å²) in [6, 6.07) is 0. The average molecular weight is 220 g/mol. The van der Waals surface area contributed by atoms with E-state index in [0.29, 0.717) is 13.2 Å². The van der Waals surface area contributed by atoms with Gasteiger partial charge >= 0.3 is 0 Å². The Balaban J connectivity index is 4.03. The van der Waals surface area contributed by atoms with Gasteiger partial charge in [-0.3, -0.25) is 4.79 Å². The number of rotatable bonds is 7. The fourth-order valence-corrected chi connectivity index (χ4v) is 1.07. The van der Waals surface area contributed by atoms with E-state index in [0.717, 1.165) is 0 Å². The van der Waals surface area contributed by atoms with E-state index in [4.69, 9.17) is 15.6 Å². The molecule has 0 saturated heterocycles. The zero-order valence-electron chi connectivity index (χ0n) is 8.23. The molecule has 0 aromatic carbocycles. The minimum Gasteiger partial charge on any atom is -0.395 e. The molecule has 0 aliphatic rings. The first-order valence-electron chi connectivity index (χ1n) is 4.27. The number of nitrogens with two attached hydrogens (primary N) is 1. The highest BCUT2D eigenvalue weighted by Crippen LogP contribution is 1.94. The third kappa shape index (κ3) is 5.85. The first-order chi connectivity index (χ1) is 6.61. The van der Waals surface area contributed by atoms with E-state index in [-0.39, 0.29) is 30.5 Å². The van der Waals surface area contributed by atoms with Crippen molar-refractivity contribution in [1.82, 2.24) is 4.90 Å². The van der Waals surface area contributed by atoms with E-state index in [2.05, 4.69) is 12.2 Å². The van der Waals surface area contributed by atoms with Crippen molar-refractivity contribution in [1.29, 1.82) is 0 Å². The fourth-order valence-electron chi connectivity index (χ4n) is 0.944. The van der Waals surface area contributed by atoms with Crippen LogP contribution in [-0.2, 0) is 9.53 Å². The van der Waals surface area contributed by atoms with Gasteiger partial charge in [-0.2, -0.15) is 0 Å². The summed E-state index contributed by atoms with van der Waals surface area (Å²) in [5.41, 5.74) is 5.25. The Morgan fingerprint density at radius 2 is 2.21 bits per heavy atom. The van der Waals surface area contributed by atoms with Crippen LogP contribution >= 0.6 is 12.2 Å². The van der Waals surface area contributed by atoms with Gasteiger partial charge < -0.3 is 20.5 Å². The maximum absolute atomic E-state index is 11.4. The maximum Gasteiger partial charge on any atom is 0.229 e. The quantitative estimate of drug-likeness (QED) is 0.545. The minimum atomic E-state index is -0.177. The molecule has 0 aliphatic carbocycles. The average Bonchev–Trinajstić information content (AvgIpc) is 2.10. The highest BCUT2D eigenvalue weighted by atomic mass is 32.1. The Morgan fingerprint density at radius 1 is 1.57 bits per heavy atom. The molecule has 0 rings (SSSR count). The zero-order valence-corrected chi connectivity index (χ0v) is 9.05. The van der Waals surface area contributed by atoms with Crippen LogP contribution in [-0.4, -0.2) is 54.3 Å². The third-order valence-electron chi connectivity index (χ3n) is 1.61. The molecule has 0 unspecified atom stereocenters. The highest BCUT2D eigenvalue weighted by Gasteiger charge is 2.12. The van der Waals surface area contributed by atoms with E-state index in [1.165, 1.54) is 4.90 Å². The van der Waals surface area contributed by atoms with E-state index in [1.54, 1.807) is 7.11 Å². The lowest BCUT2D eigenvalue weighted by atomic mass is 10.3. The van der Waals surface area contributed by atoms with Crippen LogP contribution in [0.15, 0.2) is 0 Å². The molecular weight excluding hydrogens is 204 g/mol. The molecule has 0 spiro atoms. The number of methoxy groups -OCH3 is 1. The largest absolute Gasteiger partial charge is 0.395 e. The van der Waals surface area contributed by atoms with E-state index < -0.39 is 0 Å². The fraction of sp³-hybridized carbons (Fsp3) is 0.750. The number of carbonyl (C=O) groups is 1. The Bertz CT molecular complexity index is 199. The number of nitrogens with zero attached hydrogens (tertiary/aromatic N) is 1. The summed E-state index contributed by atoms with van der Waals surface area (Å²) in [6.45, 7) is 1.08. The molecular formula is C8H16N2O3S. The number of amides is 1. The van der Waals surface area contributed by atoms with Crippen molar-refractivity contribution in [3.8, 4) is 0 Å². The number of carbonyl (C=O) groups excluding carboxylic acids is 1. The maximum atomic E-state index is 11.4. The molecule has 6 heteroatoms. The van der Waals surface area contributed by atoms with Gasteiger partial charge in [-0.05, 0) is 0 Å². The predicted octanol–water partition coefficient (Wildman–Crippen LogP) is -0.870. The van der Waals surface area contributed by atoms with Crippen molar-refractivity contribution >= 4 is 23.1 Å². The molecule has 0 aromatic rings. The second-order valence-corrected chi connectivity index (χ2v) is 3.26. The van der Waals surface area contributed by atoms with Gasteiger partial charge in [-0.15, -0.1) is 0 Å². The van der Waals surface area contributed by atoms with Crippen molar-refractivity contribution < 1.29 is 14.6 Å². The van der Waals surface area contributed by atoms with Crippen molar-refractivity contribution in [2.24, 2.45) is 5.73 Å². The smallest absolute Gasteiger partial charge is 0.229 e. The second-order valence-electron chi connectivity index (χ2n) is 2.74. The Kier molecular flexibility index (Phi) is 7.27. The van der Waals surface area contributed by atoms with Gasteiger partial charge in [0, 0.05) is 20.2 Å². The molecule has 3 N–H and O–H groups in total. The van der Waals surface area contributed by atoms with Gasteiger partial charge in [0.05, 0.1) is 24.6 Å². The molecule has 0 saturated carbocycles. The number of aliphatic hydroxyl groups excluding tert-OH is 1. The first kappa shape index (κ1) is 13.3. The Hall–Kier alpha value is -0.720. The molecule has 0 aromatic heterocycles. The summed E-state index contributed by atoms with van der Waals surface area (Å²) in [7, 11) is 1.55. The van der Waals surface area contributed by atoms with Crippen molar-refractivity contribution in [2.75, 3.05) is 33.4 Å². The Morgan fingerprint density at radius 3 is 2.64 bits per heavy atom. The topological polar surface area (TPSA) is 75.8 Å². The number of ether oxygens (including phenoxy) is 1. The van der Waals surface area contributed by atoms with Crippen LogP contribution < -0.4 is 5.73 Å². The van der Waals surface area contributed by atoms with Crippen molar-refractivity contribution in [2.45, 2.75) is 6.42 Å². The van der Waals surface area contributed by atoms with E-state index in [9.17, 15) is 4.79 Å². The van der Waals surface area contributed by atoms with Crippen molar-refractivity contribution in [3.63, 3.8) is 0 Å². The third-order valence-corrected chi connectivity index (χ3v) is 1.76. The summed E-state index contributed by atoms with van der Waals surface area (Å²) in [6.07, 6.45) is 0.0407. The van der Waals surface area contributed by atoms with Gasteiger partial charge in [-0.1, -0.05) is 12.2 Å². The summed E-state index contributed by atoms with van der Waals surface area (Å²) in [5, 5.41) is 8.72. The summed E-state index contributed by atoms with van der Waals surface area (Å²) < 4.78 is 4.83. The molecule has 0 heterocycles. The molecule has 0 atom stereocenters. The molecule has 0 fully saturated rings. The first-order valence-corrected chi connectivity index (χ1v) is 4.68. The monoisotopic (exact) mass is 220 g/mol. The van der Waals surface area contributed by atoms with E-state index >= 15 is 0 Å². The van der Waals surface area contributed by atoms with Crippen LogP contribution in [0.5, 0.6) is 0 Å². The Labute approximate surface area is 88.8 Å².